The number of hydrogen-bond donors (Lipinski definition) is 2. The van der Waals surface area contributed by atoms with Crippen molar-refractivity contribution in [3.63, 3.8) is 0 Å². The number of benzene rings is 2. The van der Waals surface area contributed by atoms with E-state index in [0.717, 1.165) is 5.56 Å². The second kappa shape index (κ2) is 9.31. The number of nitro benzene ring substituents is 1. The standard InChI is InChI=1S/C19H23N3O3.ClH/c1-12(2)14-4-6-15(7-5-14)18(20)11-21-19(23)16-8-13(3)9-17(10-16)22(24)25;/h4-10,12,18H,11,20H2,1-3H3,(H,21,23);1H. The lowest BCUT2D eigenvalue weighted by Crippen LogP contribution is -2.32. The van der Waals surface area contributed by atoms with Crippen LogP contribution in [0, 0.1) is 17.0 Å². The third-order valence-corrected chi connectivity index (χ3v) is 4.05. The van der Waals surface area contributed by atoms with E-state index in [0.29, 0.717) is 11.5 Å². The summed E-state index contributed by atoms with van der Waals surface area (Å²) in [5.41, 5.74) is 9.11. The summed E-state index contributed by atoms with van der Waals surface area (Å²) in [6, 6.07) is 12.0. The Morgan fingerprint density at radius 3 is 2.27 bits per heavy atom. The Kier molecular flexibility index (Phi) is 7.74. The fourth-order valence-electron chi connectivity index (χ4n) is 2.55. The minimum atomic E-state index is -0.508. The van der Waals surface area contributed by atoms with E-state index in [1.54, 1.807) is 13.0 Å². The van der Waals surface area contributed by atoms with Crippen molar-refractivity contribution in [2.24, 2.45) is 5.73 Å². The molecule has 0 aliphatic rings. The zero-order valence-electron chi connectivity index (χ0n) is 15.1. The van der Waals surface area contributed by atoms with Gasteiger partial charge in [0.1, 0.15) is 0 Å². The molecule has 2 aromatic carbocycles. The van der Waals surface area contributed by atoms with Gasteiger partial charge >= 0.3 is 0 Å². The molecule has 0 spiro atoms. The van der Waals surface area contributed by atoms with Crippen LogP contribution in [-0.2, 0) is 0 Å². The molecule has 2 aromatic rings. The molecule has 6 nitrogen and oxygen atoms in total. The van der Waals surface area contributed by atoms with Gasteiger partial charge in [-0.05, 0) is 35.6 Å². The highest BCUT2D eigenvalue weighted by atomic mass is 35.5. The normalized spacial score (nSPS) is 11.6. The van der Waals surface area contributed by atoms with Crippen molar-refractivity contribution in [2.75, 3.05) is 6.54 Å². The maximum absolute atomic E-state index is 12.3. The first kappa shape index (κ1) is 21.6. The highest BCUT2D eigenvalue weighted by Crippen LogP contribution is 2.18. The number of carbonyl (C=O) groups excluding carboxylic acids is 1. The molecule has 3 N–H and O–H groups in total. The largest absolute Gasteiger partial charge is 0.350 e. The molecule has 2 rings (SSSR count). The molecule has 0 aromatic heterocycles. The highest BCUT2D eigenvalue weighted by molar-refractivity contribution is 5.95. The van der Waals surface area contributed by atoms with Gasteiger partial charge in [0.2, 0.25) is 0 Å². The highest BCUT2D eigenvalue weighted by Gasteiger charge is 2.14. The summed E-state index contributed by atoms with van der Waals surface area (Å²) in [7, 11) is 0. The summed E-state index contributed by atoms with van der Waals surface area (Å²) in [5.74, 6) is 0.0724. The average Bonchev–Trinajstić information content (AvgIpc) is 2.58. The van der Waals surface area contributed by atoms with Crippen LogP contribution in [0.5, 0.6) is 0 Å². The van der Waals surface area contributed by atoms with Crippen LogP contribution in [0.15, 0.2) is 42.5 Å². The number of nitro groups is 1. The van der Waals surface area contributed by atoms with Gasteiger partial charge in [0.25, 0.3) is 11.6 Å². The lowest BCUT2D eigenvalue weighted by molar-refractivity contribution is -0.384. The van der Waals surface area contributed by atoms with Gasteiger partial charge in [-0.1, -0.05) is 38.1 Å². The monoisotopic (exact) mass is 377 g/mol. The molecule has 0 bridgehead atoms. The number of nitrogens with two attached hydrogens (primary N) is 1. The van der Waals surface area contributed by atoms with Crippen LogP contribution in [0.1, 0.15) is 52.9 Å². The van der Waals surface area contributed by atoms with Crippen molar-refractivity contribution < 1.29 is 9.72 Å². The van der Waals surface area contributed by atoms with Crippen molar-refractivity contribution in [1.82, 2.24) is 5.32 Å². The molecular weight excluding hydrogens is 354 g/mol. The van der Waals surface area contributed by atoms with Crippen LogP contribution in [0.4, 0.5) is 5.69 Å². The van der Waals surface area contributed by atoms with Crippen LogP contribution in [0.25, 0.3) is 0 Å². The van der Waals surface area contributed by atoms with Gasteiger partial charge in [-0.3, -0.25) is 14.9 Å². The summed E-state index contributed by atoms with van der Waals surface area (Å²) in [4.78, 5) is 22.7. The predicted molar refractivity (Wildman–Crippen MR) is 105 cm³/mol. The molecule has 0 radical (unpaired) electrons. The maximum atomic E-state index is 12.3. The van der Waals surface area contributed by atoms with Gasteiger partial charge in [-0.15, -0.1) is 12.4 Å². The van der Waals surface area contributed by atoms with Gasteiger partial charge in [0.05, 0.1) is 4.92 Å². The predicted octanol–water partition coefficient (Wildman–Crippen LogP) is 3.88. The van der Waals surface area contributed by atoms with Crippen LogP contribution < -0.4 is 11.1 Å². The number of amides is 1. The van der Waals surface area contributed by atoms with Crippen molar-refractivity contribution in [3.05, 3.63) is 74.8 Å². The minimum absolute atomic E-state index is 0. The van der Waals surface area contributed by atoms with Crippen molar-refractivity contribution in [1.29, 1.82) is 0 Å². The number of nitrogens with one attached hydrogen (secondary N) is 1. The summed E-state index contributed by atoms with van der Waals surface area (Å²) in [5, 5.41) is 13.6. The van der Waals surface area contributed by atoms with Gasteiger partial charge in [0, 0.05) is 30.3 Å². The van der Waals surface area contributed by atoms with E-state index in [9.17, 15) is 14.9 Å². The number of carbonyl (C=O) groups is 1. The smallest absolute Gasteiger partial charge is 0.270 e. The second-order valence-corrected chi connectivity index (χ2v) is 6.45. The number of nitrogens with zero attached hydrogens (tertiary/aromatic N) is 1. The Morgan fingerprint density at radius 1 is 1.15 bits per heavy atom. The zero-order chi connectivity index (χ0) is 18.6. The molecule has 0 saturated heterocycles. The molecule has 0 saturated carbocycles. The molecule has 0 aliphatic carbocycles. The molecule has 0 heterocycles. The molecule has 140 valence electrons. The molecule has 7 heteroatoms. The molecule has 1 atom stereocenters. The molecule has 26 heavy (non-hydrogen) atoms. The Balaban J connectivity index is 0.00000338. The van der Waals surface area contributed by atoms with Gasteiger partial charge in [0.15, 0.2) is 0 Å². The minimum Gasteiger partial charge on any atom is -0.350 e. The van der Waals surface area contributed by atoms with Crippen LogP contribution in [-0.4, -0.2) is 17.4 Å². The topological polar surface area (TPSA) is 98.3 Å². The summed E-state index contributed by atoms with van der Waals surface area (Å²) in [6.45, 7) is 6.21. The van der Waals surface area contributed by atoms with Gasteiger partial charge in [-0.2, -0.15) is 0 Å². The molecule has 1 amide bonds. The van der Waals surface area contributed by atoms with Crippen molar-refractivity contribution in [3.8, 4) is 0 Å². The Morgan fingerprint density at radius 2 is 1.73 bits per heavy atom. The second-order valence-electron chi connectivity index (χ2n) is 6.45. The Hall–Kier alpha value is -2.44. The maximum Gasteiger partial charge on any atom is 0.270 e. The van der Waals surface area contributed by atoms with Crippen LogP contribution in [0.2, 0.25) is 0 Å². The number of hydrogen-bond acceptors (Lipinski definition) is 4. The van der Waals surface area contributed by atoms with Gasteiger partial charge < -0.3 is 11.1 Å². The van der Waals surface area contributed by atoms with E-state index in [1.165, 1.54) is 17.7 Å². The lowest BCUT2D eigenvalue weighted by atomic mass is 9.99. The Bertz CT molecular complexity index is 776. The first-order chi connectivity index (χ1) is 11.8. The quantitative estimate of drug-likeness (QED) is 0.589. The molecule has 1 unspecified atom stereocenters. The number of halogens is 1. The number of non-ortho nitro benzene ring substituents is 1. The van der Waals surface area contributed by atoms with E-state index in [1.807, 2.05) is 24.3 Å². The average molecular weight is 378 g/mol. The first-order valence-corrected chi connectivity index (χ1v) is 8.17. The van der Waals surface area contributed by atoms with E-state index >= 15 is 0 Å². The van der Waals surface area contributed by atoms with E-state index in [-0.39, 0.29) is 42.2 Å². The van der Waals surface area contributed by atoms with Crippen molar-refractivity contribution >= 4 is 24.0 Å². The molecule has 0 aliphatic heterocycles. The Labute approximate surface area is 159 Å². The van der Waals surface area contributed by atoms with E-state index in [2.05, 4.69) is 19.2 Å². The SMILES string of the molecule is Cc1cc(C(=O)NCC(N)c2ccc(C(C)C)cc2)cc([N+](=O)[O-])c1.Cl. The summed E-state index contributed by atoms with van der Waals surface area (Å²) in [6.07, 6.45) is 0. The first-order valence-electron chi connectivity index (χ1n) is 8.17. The fraction of sp³-hybridized carbons (Fsp3) is 0.316. The third-order valence-electron chi connectivity index (χ3n) is 4.05. The van der Waals surface area contributed by atoms with E-state index in [4.69, 9.17) is 5.73 Å². The number of rotatable bonds is 6. The molecule has 0 fully saturated rings. The zero-order valence-corrected chi connectivity index (χ0v) is 15.9. The van der Waals surface area contributed by atoms with E-state index < -0.39 is 4.92 Å². The van der Waals surface area contributed by atoms with Crippen molar-refractivity contribution in [2.45, 2.75) is 32.7 Å². The summed E-state index contributed by atoms with van der Waals surface area (Å²) >= 11 is 0. The summed E-state index contributed by atoms with van der Waals surface area (Å²) < 4.78 is 0. The molecular formula is C19H24ClN3O3. The third kappa shape index (κ3) is 5.54. The lowest BCUT2D eigenvalue weighted by Gasteiger charge is -2.15. The van der Waals surface area contributed by atoms with Gasteiger partial charge in [-0.25, -0.2) is 0 Å². The fourth-order valence-corrected chi connectivity index (χ4v) is 2.55. The van der Waals surface area contributed by atoms with Crippen LogP contribution >= 0.6 is 12.4 Å². The van der Waals surface area contributed by atoms with Crippen LogP contribution in [0.3, 0.4) is 0 Å². The number of aryl methyl sites for hydroxylation is 1.